The van der Waals surface area contributed by atoms with E-state index in [1.54, 1.807) is 17.5 Å². The number of carbonyl (C=O) groups is 1. The fourth-order valence-electron chi connectivity index (χ4n) is 2.28. The molecule has 1 aromatic carbocycles. The number of hydrogen-bond acceptors (Lipinski definition) is 3. The zero-order chi connectivity index (χ0) is 15.2. The van der Waals surface area contributed by atoms with Crippen molar-refractivity contribution in [2.24, 2.45) is 0 Å². The van der Waals surface area contributed by atoms with Crippen LogP contribution in [0.4, 0.5) is 0 Å². The van der Waals surface area contributed by atoms with Gasteiger partial charge in [-0.05, 0) is 28.6 Å². The molecule has 3 aromatic rings. The summed E-state index contributed by atoms with van der Waals surface area (Å²) in [6, 6.07) is 14.0. The number of nitrogens with one attached hydrogen (secondary N) is 1. The Morgan fingerprint density at radius 1 is 1.14 bits per heavy atom. The summed E-state index contributed by atoms with van der Waals surface area (Å²) in [6.45, 7) is 1.26. The minimum atomic E-state index is 0.0522. The molecule has 112 valence electrons. The first-order valence-corrected chi connectivity index (χ1v) is 8.02. The van der Waals surface area contributed by atoms with Gasteiger partial charge in [-0.15, -0.1) is 11.3 Å². The van der Waals surface area contributed by atoms with Crippen molar-refractivity contribution in [1.29, 1.82) is 0 Å². The van der Waals surface area contributed by atoms with E-state index < -0.39 is 0 Å². The standard InChI is InChI=1S/C17H17N3OS/c21-17(11-16-7-3-10-22-16)18-12-14-5-1-2-6-15(14)13-20-9-4-8-19-20/h1-10H,11-13H2,(H,18,21). The molecule has 1 N–H and O–H groups in total. The highest BCUT2D eigenvalue weighted by Crippen LogP contribution is 2.11. The highest BCUT2D eigenvalue weighted by Gasteiger charge is 2.07. The average molecular weight is 311 g/mol. The molecule has 0 fully saturated rings. The fourth-order valence-corrected chi connectivity index (χ4v) is 2.98. The molecule has 1 amide bonds. The summed E-state index contributed by atoms with van der Waals surface area (Å²) in [6.07, 6.45) is 4.15. The number of amides is 1. The Morgan fingerprint density at radius 2 is 2.00 bits per heavy atom. The van der Waals surface area contributed by atoms with Gasteiger partial charge in [0.25, 0.3) is 0 Å². The van der Waals surface area contributed by atoms with E-state index in [1.807, 2.05) is 52.7 Å². The Hall–Kier alpha value is -2.40. The minimum absolute atomic E-state index is 0.0522. The van der Waals surface area contributed by atoms with Crippen molar-refractivity contribution in [2.45, 2.75) is 19.5 Å². The molecular formula is C17H17N3OS. The van der Waals surface area contributed by atoms with E-state index in [0.717, 1.165) is 10.4 Å². The van der Waals surface area contributed by atoms with E-state index in [2.05, 4.69) is 16.5 Å². The van der Waals surface area contributed by atoms with E-state index >= 15 is 0 Å². The maximum absolute atomic E-state index is 12.0. The summed E-state index contributed by atoms with van der Waals surface area (Å²) in [7, 11) is 0. The third kappa shape index (κ3) is 3.83. The second-order valence-electron chi connectivity index (χ2n) is 5.01. The summed E-state index contributed by atoms with van der Waals surface area (Å²) in [5.74, 6) is 0.0522. The molecule has 0 radical (unpaired) electrons. The zero-order valence-electron chi connectivity index (χ0n) is 12.1. The van der Waals surface area contributed by atoms with Crippen molar-refractivity contribution in [3.63, 3.8) is 0 Å². The van der Waals surface area contributed by atoms with Crippen LogP contribution >= 0.6 is 11.3 Å². The van der Waals surface area contributed by atoms with Crippen molar-refractivity contribution in [3.05, 3.63) is 76.2 Å². The van der Waals surface area contributed by atoms with Crippen LogP contribution in [0.1, 0.15) is 16.0 Å². The van der Waals surface area contributed by atoms with Gasteiger partial charge in [0.15, 0.2) is 0 Å². The Morgan fingerprint density at radius 3 is 2.73 bits per heavy atom. The van der Waals surface area contributed by atoms with Gasteiger partial charge in [0, 0.05) is 23.8 Å². The zero-order valence-corrected chi connectivity index (χ0v) is 12.9. The van der Waals surface area contributed by atoms with Crippen molar-refractivity contribution >= 4 is 17.2 Å². The van der Waals surface area contributed by atoms with E-state index in [0.29, 0.717) is 19.5 Å². The van der Waals surface area contributed by atoms with Crippen molar-refractivity contribution in [2.75, 3.05) is 0 Å². The van der Waals surface area contributed by atoms with Gasteiger partial charge in [-0.25, -0.2) is 0 Å². The van der Waals surface area contributed by atoms with Crippen LogP contribution in [0.2, 0.25) is 0 Å². The van der Waals surface area contributed by atoms with Gasteiger partial charge >= 0.3 is 0 Å². The van der Waals surface area contributed by atoms with Crippen LogP contribution in [0.15, 0.2) is 60.2 Å². The van der Waals surface area contributed by atoms with Crippen LogP contribution in [-0.4, -0.2) is 15.7 Å². The summed E-state index contributed by atoms with van der Waals surface area (Å²) >= 11 is 1.61. The molecule has 4 nitrogen and oxygen atoms in total. The Kier molecular flexibility index (Phi) is 4.65. The maximum Gasteiger partial charge on any atom is 0.225 e. The molecule has 0 atom stereocenters. The number of rotatable bonds is 6. The molecule has 5 heteroatoms. The van der Waals surface area contributed by atoms with Gasteiger partial charge in [0.05, 0.1) is 13.0 Å². The molecule has 0 aliphatic carbocycles. The molecule has 2 aromatic heterocycles. The van der Waals surface area contributed by atoms with E-state index in [-0.39, 0.29) is 5.91 Å². The molecule has 2 heterocycles. The summed E-state index contributed by atoms with van der Waals surface area (Å²) in [5.41, 5.74) is 2.29. The second-order valence-corrected chi connectivity index (χ2v) is 6.04. The van der Waals surface area contributed by atoms with Crippen molar-refractivity contribution < 1.29 is 4.79 Å². The summed E-state index contributed by atoms with van der Waals surface area (Å²) in [4.78, 5) is 13.1. The maximum atomic E-state index is 12.0. The van der Waals surface area contributed by atoms with Crippen LogP contribution in [0.5, 0.6) is 0 Å². The van der Waals surface area contributed by atoms with Crippen LogP contribution in [0.25, 0.3) is 0 Å². The predicted octanol–water partition coefficient (Wildman–Crippen LogP) is 2.85. The molecule has 0 unspecified atom stereocenters. The van der Waals surface area contributed by atoms with Gasteiger partial charge < -0.3 is 5.32 Å². The smallest absolute Gasteiger partial charge is 0.225 e. The Bertz CT molecular complexity index is 720. The van der Waals surface area contributed by atoms with Crippen LogP contribution in [-0.2, 0) is 24.3 Å². The highest BCUT2D eigenvalue weighted by molar-refractivity contribution is 7.10. The molecule has 3 rings (SSSR count). The second kappa shape index (κ2) is 7.04. The topological polar surface area (TPSA) is 46.9 Å². The van der Waals surface area contributed by atoms with Gasteiger partial charge in [-0.2, -0.15) is 5.10 Å². The number of aromatic nitrogens is 2. The van der Waals surface area contributed by atoms with Crippen LogP contribution < -0.4 is 5.32 Å². The Labute approximate surface area is 133 Å². The fraction of sp³-hybridized carbons (Fsp3) is 0.176. The largest absolute Gasteiger partial charge is 0.352 e. The third-order valence-electron chi connectivity index (χ3n) is 3.40. The first kappa shape index (κ1) is 14.5. The molecule has 0 saturated carbocycles. The quantitative estimate of drug-likeness (QED) is 0.761. The predicted molar refractivity (Wildman–Crippen MR) is 87.6 cm³/mol. The molecular weight excluding hydrogens is 294 g/mol. The normalized spacial score (nSPS) is 10.5. The first-order chi connectivity index (χ1) is 10.8. The summed E-state index contributed by atoms with van der Waals surface area (Å²) < 4.78 is 1.88. The highest BCUT2D eigenvalue weighted by atomic mass is 32.1. The van der Waals surface area contributed by atoms with Crippen molar-refractivity contribution in [1.82, 2.24) is 15.1 Å². The van der Waals surface area contributed by atoms with E-state index in [9.17, 15) is 4.79 Å². The number of carbonyl (C=O) groups excluding carboxylic acids is 1. The Balaban J connectivity index is 1.61. The third-order valence-corrected chi connectivity index (χ3v) is 4.28. The number of benzene rings is 1. The lowest BCUT2D eigenvalue weighted by molar-refractivity contribution is -0.120. The molecule has 0 aliphatic heterocycles. The number of nitrogens with zero attached hydrogens (tertiary/aromatic N) is 2. The summed E-state index contributed by atoms with van der Waals surface area (Å²) in [5, 5.41) is 9.21. The van der Waals surface area contributed by atoms with Crippen LogP contribution in [0.3, 0.4) is 0 Å². The lowest BCUT2D eigenvalue weighted by atomic mass is 10.1. The molecule has 0 aliphatic rings. The lowest BCUT2D eigenvalue weighted by Crippen LogP contribution is -2.25. The SMILES string of the molecule is O=C(Cc1cccs1)NCc1ccccc1Cn1cccn1. The van der Waals surface area contributed by atoms with Gasteiger partial charge in [-0.1, -0.05) is 30.3 Å². The van der Waals surface area contributed by atoms with Gasteiger partial charge in [-0.3, -0.25) is 9.48 Å². The average Bonchev–Trinajstić information content (AvgIpc) is 3.20. The number of hydrogen-bond donors (Lipinski definition) is 1. The van der Waals surface area contributed by atoms with Crippen LogP contribution in [0, 0.1) is 0 Å². The van der Waals surface area contributed by atoms with Gasteiger partial charge in [0.1, 0.15) is 0 Å². The molecule has 0 spiro atoms. The monoisotopic (exact) mass is 311 g/mol. The molecule has 0 saturated heterocycles. The minimum Gasteiger partial charge on any atom is -0.352 e. The van der Waals surface area contributed by atoms with E-state index in [1.165, 1.54) is 5.56 Å². The molecule has 22 heavy (non-hydrogen) atoms. The van der Waals surface area contributed by atoms with Gasteiger partial charge in [0.2, 0.25) is 5.91 Å². The molecule has 0 bridgehead atoms. The lowest BCUT2D eigenvalue weighted by Gasteiger charge is -2.11. The first-order valence-electron chi connectivity index (χ1n) is 7.14. The number of thiophene rings is 1. The van der Waals surface area contributed by atoms with E-state index in [4.69, 9.17) is 0 Å². The van der Waals surface area contributed by atoms with Crippen molar-refractivity contribution in [3.8, 4) is 0 Å².